The van der Waals surface area contributed by atoms with Gasteiger partial charge < -0.3 is 18.5 Å². The van der Waals surface area contributed by atoms with E-state index < -0.39 is 13.2 Å². The van der Waals surface area contributed by atoms with Crippen molar-refractivity contribution in [2.24, 2.45) is 5.92 Å². The molecule has 0 radical (unpaired) electrons. The van der Waals surface area contributed by atoms with Crippen LogP contribution in [-0.4, -0.2) is 38.9 Å². The van der Waals surface area contributed by atoms with Gasteiger partial charge in [0.05, 0.1) is 11.8 Å². The summed E-state index contributed by atoms with van der Waals surface area (Å²) in [5.41, 5.74) is -0.436. The molecule has 0 aliphatic carbocycles. The maximum absolute atomic E-state index is 12.2. The van der Waals surface area contributed by atoms with Crippen LogP contribution in [0.2, 0.25) is 0 Å². The van der Waals surface area contributed by atoms with Crippen molar-refractivity contribution in [1.82, 2.24) is 0 Å². The zero-order valence-corrected chi connectivity index (χ0v) is 13.6. The molecule has 0 amide bonds. The topological polar surface area (TPSA) is 54.0 Å². The summed E-state index contributed by atoms with van der Waals surface area (Å²) >= 11 is 0. The monoisotopic (exact) mass is 294 g/mol. The van der Waals surface area contributed by atoms with Crippen LogP contribution in [0, 0.1) is 5.92 Å². The van der Waals surface area contributed by atoms with E-state index in [0.29, 0.717) is 6.16 Å². The summed E-state index contributed by atoms with van der Waals surface area (Å²) in [4.78, 5) is 0. The van der Waals surface area contributed by atoms with E-state index in [-0.39, 0.29) is 12.2 Å². The quantitative estimate of drug-likeness (QED) is 0.673. The Labute approximate surface area is 116 Å². The summed E-state index contributed by atoms with van der Waals surface area (Å²) in [7, 11) is -0.184. The fourth-order valence-electron chi connectivity index (χ4n) is 2.04. The second-order valence-electron chi connectivity index (χ2n) is 5.58. The highest BCUT2D eigenvalue weighted by atomic mass is 31.2. The molecule has 2 atom stereocenters. The van der Waals surface area contributed by atoms with E-state index in [1.807, 2.05) is 20.8 Å². The number of ether oxygens (including phenoxy) is 2. The molecule has 19 heavy (non-hydrogen) atoms. The molecule has 1 unspecified atom stereocenters. The Balaban J connectivity index is 2.57. The second kappa shape index (κ2) is 7.19. The lowest BCUT2D eigenvalue weighted by Crippen LogP contribution is -2.40. The van der Waals surface area contributed by atoms with E-state index in [2.05, 4.69) is 0 Å². The molecule has 114 valence electrons. The van der Waals surface area contributed by atoms with Gasteiger partial charge in [0.15, 0.2) is 6.29 Å². The third-order valence-electron chi connectivity index (χ3n) is 3.81. The van der Waals surface area contributed by atoms with Gasteiger partial charge in [-0.25, -0.2) is 0 Å². The molecule has 0 spiro atoms. The van der Waals surface area contributed by atoms with Gasteiger partial charge in [-0.05, 0) is 39.0 Å². The van der Waals surface area contributed by atoms with Gasteiger partial charge in [-0.2, -0.15) is 0 Å². The molecule has 0 aromatic carbocycles. The van der Waals surface area contributed by atoms with Crippen molar-refractivity contribution in [2.45, 2.75) is 51.9 Å². The SMILES string of the molecule is COP(=O)(C[C@H](C)C(C)(C)OC1CCCCO1)OC. The smallest absolute Gasteiger partial charge is 0.330 e. The zero-order valence-electron chi connectivity index (χ0n) is 12.7. The molecule has 0 N–H and O–H groups in total. The van der Waals surface area contributed by atoms with Crippen LogP contribution in [0.4, 0.5) is 0 Å². The second-order valence-corrected chi connectivity index (χ2v) is 7.89. The lowest BCUT2D eigenvalue weighted by atomic mass is 9.94. The molecule has 0 bridgehead atoms. The highest BCUT2D eigenvalue weighted by molar-refractivity contribution is 7.53. The molecule has 0 saturated carbocycles. The van der Waals surface area contributed by atoms with Gasteiger partial charge in [0, 0.05) is 20.8 Å². The molecule has 5 nitrogen and oxygen atoms in total. The molecular weight excluding hydrogens is 267 g/mol. The standard InChI is InChI=1S/C13H27O5P/c1-11(10-19(14,15-4)16-5)13(2,3)18-12-8-6-7-9-17-12/h11-12H,6-10H2,1-5H3/t11-,12?/m0/s1. The molecular formula is C13H27O5P. The minimum Gasteiger partial charge on any atom is -0.353 e. The summed E-state index contributed by atoms with van der Waals surface area (Å²) in [6.07, 6.45) is 3.32. The summed E-state index contributed by atoms with van der Waals surface area (Å²) in [6, 6.07) is 0. The summed E-state index contributed by atoms with van der Waals surface area (Å²) in [5.74, 6) is 0.0313. The Kier molecular flexibility index (Phi) is 6.48. The molecule has 1 aliphatic rings. The van der Waals surface area contributed by atoms with E-state index in [4.69, 9.17) is 18.5 Å². The molecule has 1 heterocycles. The van der Waals surface area contributed by atoms with E-state index >= 15 is 0 Å². The Morgan fingerprint density at radius 2 is 1.95 bits per heavy atom. The average Bonchev–Trinajstić information content (AvgIpc) is 2.39. The Hall–Kier alpha value is 0.0700. The molecule has 1 aliphatic heterocycles. The van der Waals surface area contributed by atoms with Gasteiger partial charge in [-0.15, -0.1) is 0 Å². The lowest BCUT2D eigenvalue weighted by Gasteiger charge is -2.37. The van der Waals surface area contributed by atoms with E-state index in [1.54, 1.807) is 0 Å². The average molecular weight is 294 g/mol. The first-order valence-corrected chi connectivity index (χ1v) is 8.56. The van der Waals surface area contributed by atoms with Crippen LogP contribution in [0.1, 0.15) is 40.0 Å². The molecule has 0 aromatic rings. The predicted octanol–water partition coefficient (Wildman–Crippen LogP) is 3.43. The van der Waals surface area contributed by atoms with Gasteiger partial charge in [0.25, 0.3) is 0 Å². The molecule has 1 fully saturated rings. The van der Waals surface area contributed by atoms with Crippen molar-refractivity contribution >= 4 is 7.60 Å². The van der Waals surface area contributed by atoms with Crippen LogP contribution in [0.5, 0.6) is 0 Å². The van der Waals surface area contributed by atoms with Crippen LogP contribution < -0.4 is 0 Å². The van der Waals surface area contributed by atoms with Crippen molar-refractivity contribution in [3.05, 3.63) is 0 Å². The van der Waals surface area contributed by atoms with Gasteiger partial charge in [0.2, 0.25) is 0 Å². The van der Waals surface area contributed by atoms with E-state index in [1.165, 1.54) is 14.2 Å². The van der Waals surface area contributed by atoms with Crippen molar-refractivity contribution < 1.29 is 23.1 Å². The minimum atomic E-state index is -3.01. The zero-order chi connectivity index (χ0) is 14.5. The van der Waals surface area contributed by atoms with Gasteiger partial charge in [0.1, 0.15) is 0 Å². The third-order valence-corrected chi connectivity index (χ3v) is 5.92. The van der Waals surface area contributed by atoms with Gasteiger partial charge in [-0.1, -0.05) is 6.92 Å². The van der Waals surface area contributed by atoms with Gasteiger partial charge in [-0.3, -0.25) is 4.57 Å². The molecule has 1 rings (SSSR count). The first kappa shape index (κ1) is 17.1. The maximum atomic E-state index is 12.2. The van der Waals surface area contributed by atoms with Crippen molar-refractivity contribution in [1.29, 1.82) is 0 Å². The normalized spacial score (nSPS) is 23.3. The number of rotatable bonds is 7. The summed E-state index contributed by atoms with van der Waals surface area (Å²) < 4.78 is 33.8. The fourth-order valence-corrected chi connectivity index (χ4v) is 3.60. The third kappa shape index (κ3) is 5.16. The van der Waals surface area contributed by atoms with Crippen LogP contribution in [0.15, 0.2) is 0 Å². The van der Waals surface area contributed by atoms with Crippen LogP contribution in [0.3, 0.4) is 0 Å². The number of hydrogen-bond acceptors (Lipinski definition) is 5. The Morgan fingerprint density at radius 1 is 1.32 bits per heavy atom. The van der Waals surface area contributed by atoms with Crippen LogP contribution >= 0.6 is 7.60 Å². The van der Waals surface area contributed by atoms with Crippen molar-refractivity contribution in [2.75, 3.05) is 27.0 Å². The summed E-state index contributed by atoms with van der Waals surface area (Å²) in [5, 5.41) is 0. The largest absolute Gasteiger partial charge is 0.353 e. The highest BCUT2D eigenvalue weighted by Gasteiger charge is 2.36. The lowest BCUT2D eigenvalue weighted by molar-refractivity contribution is -0.226. The fraction of sp³-hybridized carbons (Fsp3) is 1.00. The van der Waals surface area contributed by atoms with Gasteiger partial charge >= 0.3 is 7.60 Å². The Morgan fingerprint density at radius 3 is 2.42 bits per heavy atom. The van der Waals surface area contributed by atoms with Crippen LogP contribution in [0.25, 0.3) is 0 Å². The van der Waals surface area contributed by atoms with Crippen LogP contribution in [-0.2, 0) is 23.1 Å². The first-order chi connectivity index (χ1) is 8.83. The summed E-state index contributed by atoms with van der Waals surface area (Å²) in [6.45, 7) is 6.73. The minimum absolute atomic E-state index is 0.0313. The first-order valence-electron chi connectivity index (χ1n) is 6.83. The van der Waals surface area contributed by atoms with E-state index in [0.717, 1.165) is 25.9 Å². The number of hydrogen-bond donors (Lipinski definition) is 0. The highest BCUT2D eigenvalue weighted by Crippen LogP contribution is 2.49. The Bertz CT molecular complexity index is 304. The van der Waals surface area contributed by atoms with Crippen molar-refractivity contribution in [3.63, 3.8) is 0 Å². The molecule has 1 saturated heterocycles. The molecule has 6 heteroatoms. The van der Waals surface area contributed by atoms with E-state index in [9.17, 15) is 4.57 Å². The maximum Gasteiger partial charge on any atom is 0.330 e. The molecule has 0 aromatic heterocycles. The van der Waals surface area contributed by atoms with Crippen molar-refractivity contribution in [3.8, 4) is 0 Å². The predicted molar refractivity (Wildman–Crippen MR) is 74.4 cm³/mol.